The van der Waals surface area contributed by atoms with Gasteiger partial charge in [-0.25, -0.2) is 5.43 Å². The molecule has 37 heavy (non-hydrogen) atoms. The number of hydrogen-bond acceptors (Lipinski definition) is 5. The number of hydrazone groups is 1. The number of benzene rings is 4. The molecule has 4 aromatic carbocycles. The number of hydrogen-bond donors (Lipinski definition) is 3. The Hall–Kier alpha value is -4.36. The molecule has 0 aromatic heterocycles. The zero-order valence-corrected chi connectivity index (χ0v) is 20.7. The monoisotopic (exact) mass is 515 g/mol. The summed E-state index contributed by atoms with van der Waals surface area (Å²) in [5, 5.41) is 18.2. The molecule has 0 heterocycles. The van der Waals surface area contributed by atoms with Crippen LogP contribution in [-0.2, 0) is 11.2 Å². The number of phenolic OH excluding ortho intramolecular Hbond substituents is 1. The highest BCUT2D eigenvalue weighted by Crippen LogP contribution is 2.28. The molecule has 2 amide bonds. The Kier molecular flexibility index (Phi) is 8.73. The second-order valence-electron chi connectivity index (χ2n) is 8.29. The first kappa shape index (κ1) is 25.7. The predicted molar refractivity (Wildman–Crippen MR) is 145 cm³/mol. The summed E-state index contributed by atoms with van der Waals surface area (Å²) in [4.78, 5) is 24.6. The fraction of sp³-hybridized carbons (Fsp3) is 0.138. The lowest BCUT2D eigenvalue weighted by molar-refractivity contribution is -0.123. The van der Waals surface area contributed by atoms with E-state index in [4.69, 9.17) is 16.3 Å². The highest BCUT2D eigenvalue weighted by molar-refractivity contribution is 6.32. The van der Waals surface area contributed by atoms with Crippen molar-refractivity contribution in [2.45, 2.75) is 12.8 Å². The maximum Gasteiger partial charge on any atom is 0.271 e. The summed E-state index contributed by atoms with van der Waals surface area (Å²) in [7, 11) is 0. The molecule has 7 nitrogen and oxygen atoms in total. The van der Waals surface area contributed by atoms with Crippen LogP contribution in [0.15, 0.2) is 90.0 Å². The fourth-order valence-electron chi connectivity index (χ4n) is 3.77. The lowest BCUT2D eigenvalue weighted by atomic mass is 10.0. The number of nitrogens with zero attached hydrogens (tertiary/aromatic N) is 1. The Labute approximate surface area is 219 Å². The van der Waals surface area contributed by atoms with Gasteiger partial charge in [0.2, 0.25) is 0 Å². The van der Waals surface area contributed by atoms with Crippen molar-refractivity contribution in [2.75, 3.05) is 13.2 Å². The van der Waals surface area contributed by atoms with Gasteiger partial charge in [-0.3, -0.25) is 9.59 Å². The van der Waals surface area contributed by atoms with E-state index >= 15 is 0 Å². The normalized spacial score (nSPS) is 10.9. The fourth-order valence-corrected chi connectivity index (χ4v) is 3.95. The topological polar surface area (TPSA) is 100 Å². The third-order valence-corrected chi connectivity index (χ3v) is 5.97. The van der Waals surface area contributed by atoms with Crippen molar-refractivity contribution in [1.29, 1.82) is 0 Å². The number of aromatic hydroxyl groups is 1. The lowest BCUT2D eigenvalue weighted by Crippen LogP contribution is -2.29. The third-order valence-electron chi connectivity index (χ3n) is 5.66. The van der Waals surface area contributed by atoms with Gasteiger partial charge in [-0.2, -0.15) is 5.10 Å². The maximum atomic E-state index is 12.3. The average molecular weight is 516 g/mol. The number of rotatable bonds is 10. The van der Waals surface area contributed by atoms with E-state index in [1.165, 1.54) is 30.0 Å². The van der Waals surface area contributed by atoms with Crippen molar-refractivity contribution in [3.63, 3.8) is 0 Å². The Morgan fingerprint density at radius 1 is 0.946 bits per heavy atom. The minimum atomic E-state index is -0.461. The standard InChI is InChI=1S/C29H26ClN3O4/c30-25-17-21(12-14-26(25)34)29(36)33-32-18-22-13-15-27(24-11-5-4-10-23(22)24)37-19-28(35)31-16-6-9-20-7-2-1-3-8-20/h1-5,7-8,10-15,17-18,34H,6,9,16,19H2,(H,31,35)(H,33,36)/b32-18+. The molecule has 0 fully saturated rings. The van der Waals surface area contributed by atoms with Crippen LogP contribution in [0.1, 0.15) is 27.9 Å². The van der Waals surface area contributed by atoms with Crippen LogP contribution in [-0.4, -0.2) is 36.3 Å². The predicted octanol–water partition coefficient (Wildman–Crippen LogP) is 5.09. The van der Waals surface area contributed by atoms with Crippen molar-refractivity contribution >= 4 is 40.4 Å². The molecule has 0 aliphatic rings. The molecule has 0 bridgehead atoms. The molecule has 3 N–H and O–H groups in total. The number of ether oxygens (including phenoxy) is 1. The molecular weight excluding hydrogens is 490 g/mol. The zero-order valence-electron chi connectivity index (χ0n) is 20.0. The van der Waals surface area contributed by atoms with E-state index in [1.807, 2.05) is 48.5 Å². The molecule has 0 aliphatic heterocycles. The van der Waals surface area contributed by atoms with E-state index in [-0.39, 0.29) is 28.8 Å². The van der Waals surface area contributed by atoms with Crippen molar-refractivity contribution in [3.8, 4) is 11.5 Å². The molecule has 4 aromatic rings. The number of halogens is 1. The molecule has 0 atom stereocenters. The van der Waals surface area contributed by atoms with Crippen LogP contribution < -0.4 is 15.5 Å². The van der Waals surface area contributed by atoms with Crippen LogP contribution in [0.5, 0.6) is 11.5 Å². The van der Waals surface area contributed by atoms with Gasteiger partial charge in [0.05, 0.1) is 11.2 Å². The molecular formula is C29H26ClN3O4. The summed E-state index contributed by atoms with van der Waals surface area (Å²) >= 11 is 5.86. The highest BCUT2D eigenvalue weighted by Gasteiger charge is 2.10. The number of carbonyl (C=O) groups is 2. The van der Waals surface area contributed by atoms with E-state index in [0.29, 0.717) is 12.3 Å². The lowest BCUT2D eigenvalue weighted by Gasteiger charge is -2.11. The van der Waals surface area contributed by atoms with Gasteiger partial charge in [0.25, 0.3) is 11.8 Å². The van der Waals surface area contributed by atoms with Gasteiger partial charge in [0.1, 0.15) is 11.5 Å². The van der Waals surface area contributed by atoms with Gasteiger partial charge < -0.3 is 15.2 Å². The van der Waals surface area contributed by atoms with Crippen molar-refractivity contribution in [2.24, 2.45) is 5.10 Å². The van der Waals surface area contributed by atoms with E-state index < -0.39 is 5.91 Å². The quantitative estimate of drug-likeness (QED) is 0.155. The number of phenols is 1. The van der Waals surface area contributed by atoms with Crippen LogP contribution >= 0.6 is 11.6 Å². The summed E-state index contributed by atoms with van der Waals surface area (Å²) in [6, 6.07) is 25.5. The number of fused-ring (bicyclic) bond motifs is 1. The molecule has 0 saturated carbocycles. The molecule has 0 saturated heterocycles. The second kappa shape index (κ2) is 12.6. The van der Waals surface area contributed by atoms with Crippen molar-refractivity contribution in [3.05, 3.63) is 107 Å². The molecule has 0 unspecified atom stereocenters. The van der Waals surface area contributed by atoms with Crippen LogP contribution in [0.2, 0.25) is 5.02 Å². The van der Waals surface area contributed by atoms with Gasteiger partial charge in [-0.1, -0.05) is 66.2 Å². The first-order valence-corrected chi connectivity index (χ1v) is 12.2. The number of aryl methyl sites for hydroxylation is 1. The summed E-state index contributed by atoms with van der Waals surface area (Å²) in [6.07, 6.45) is 3.29. The van der Waals surface area contributed by atoms with Gasteiger partial charge in [0, 0.05) is 23.1 Å². The van der Waals surface area contributed by atoms with E-state index in [1.54, 1.807) is 6.07 Å². The Morgan fingerprint density at radius 2 is 1.70 bits per heavy atom. The Balaban J connectivity index is 1.33. The van der Waals surface area contributed by atoms with E-state index in [0.717, 1.165) is 29.2 Å². The van der Waals surface area contributed by atoms with E-state index in [2.05, 4.69) is 28.0 Å². The first-order chi connectivity index (χ1) is 18.0. The highest BCUT2D eigenvalue weighted by atomic mass is 35.5. The molecule has 4 rings (SSSR count). The van der Waals surface area contributed by atoms with Crippen molar-refractivity contribution < 1.29 is 19.4 Å². The summed E-state index contributed by atoms with van der Waals surface area (Å²) in [5.41, 5.74) is 4.73. The van der Waals surface area contributed by atoms with Crippen molar-refractivity contribution in [1.82, 2.24) is 10.7 Å². The smallest absolute Gasteiger partial charge is 0.271 e. The number of nitrogens with one attached hydrogen (secondary N) is 2. The second-order valence-corrected chi connectivity index (χ2v) is 8.70. The maximum absolute atomic E-state index is 12.3. The number of amides is 2. The van der Waals surface area contributed by atoms with Crippen LogP contribution in [0.3, 0.4) is 0 Å². The summed E-state index contributed by atoms with van der Waals surface area (Å²) in [5.74, 6) is -0.164. The third kappa shape index (κ3) is 7.08. The minimum absolute atomic E-state index is 0.0825. The molecule has 188 valence electrons. The molecule has 8 heteroatoms. The largest absolute Gasteiger partial charge is 0.506 e. The first-order valence-electron chi connectivity index (χ1n) is 11.8. The molecule has 0 aliphatic carbocycles. The van der Waals surface area contributed by atoms with Crippen LogP contribution in [0, 0.1) is 0 Å². The van der Waals surface area contributed by atoms with Crippen LogP contribution in [0.4, 0.5) is 0 Å². The van der Waals surface area contributed by atoms with Crippen LogP contribution in [0.25, 0.3) is 10.8 Å². The molecule has 0 radical (unpaired) electrons. The van der Waals surface area contributed by atoms with E-state index in [9.17, 15) is 14.7 Å². The van der Waals surface area contributed by atoms with Gasteiger partial charge in [-0.15, -0.1) is 0 Å². The van der Waals surface area contributed by atoms with Gasteiger partial charge >= 0.3 is 0 Å². The summed E-state index contributed by atoms with van der Waals surface area (Å²) in [6.45, 7) is 0.489. The van der Waals surface area contributed by atoms with Gasteiger partial charge in [0.15, 0.2) is 6.61 Å². The zero-order chi connectivity index (χ0) is 26.0. The van der Waals surface area contributed by atoms with Gasteiger partial charge in [-0.05, 0) is 54.1 Å². The Bertz CT molecular complexity index is 1420. The minimum Gasteiger partial charge on any atom is -0.506 e. The molecule has 0 spiro atoms. The average Bonchev–Trinajstić information content (AvgIpc) is 2.92. The summed E-state index contributed by atoms with van der Waals surface area (Å²) < 4.78 is 5.81. The SMILES string of the molecule is O=C(COc1ccc(/C=N/NC(=O)c2ccc(O)c(Cl)c2)c2ccccc12)NCCCc1ccccc1. The Morgan fingerprint density at radius 3 is 2.49 bits per heavy atom. The number of carbonyl (C=O) groups excluding carboxylic acids is 2.